The van der Waals surface area contributed by atoms with Gasteiger partial charge in [-0.3, -0.25) is 4.98 Å². The number of carbonyl (C=O) groups is 1. The number of nitrogens with zero attached hydrogens (tertiary/aromatic N) is 4. The predicted molar refractivity (Wildman–Crippen MR) is 84.6 cm³/mol. The number of pyridine rings is 1. The molecule has 0 saturated carbocycles. The first-order chi connectivity index (χ1) is 10.6. The number of benzene rings is 1. The van der Waals surface area contributed by atoms with E-state index in [1.54, 1.807) is 31.3 Å². The van der Waals surface area contributed by atoms with Crippen LogP contribution in [0.3, 0.4) is 0 Å². The zero-order valence-corrected chi connectivity index (χ0v) is 12.8. The number of piperazine rings is 1. The molecule has 0 unspecified atom stereocenters. The van der Waals surface area contributed by atoms with Crippen molar-refractivity contribution in [2.24, 2.45) is 0 Å². The molecule has 22 heavy (non-hydrogen) atoms. The Morgan fingerprint density at radius 1 is 1.18 bits per heavy atom. The highest BCUT2D eigenvalue weighted by atomic mass is 19.1. The molecule has 3 rings (SSSR count). The van der Waals surface area contributed by atoms with Crippen molar-refractivity contribution in [3.8, 4) is 0 Å². The topological polar surface area (TPSA) is 39.7 Å². The molecule has 0 N–H and O–H groups in total. The van der Waals surface area contributed by atoms with Crippen molar-refractivity contribution >= 4 is 22.6 Å². The summed E-state index contributed by atoms with van der Waals surface area (Å²) in [7, 11) is 3.53. The standard InChI is InChI=1S/C16H19FN4O/c1-19(2)16(22)21-9-7-20(8-10-21)15-5-6-18-14-11-12(17)3-4-13(14)15/h3-6,11H,7-10H2,1-2H3. The summed E-state index contributed by atoms with van der Waals surface area (Å²) in [6.45, 7) is 2.89. The van der Waals surface area contributed by atoms with Crippen LogP contribution in [0.15, 0.2) is 30.5 Å². The van der Waals surface area contributed by atoms with Crippen molar-refractivity contribution in [1.82, 2.24) is 14.8 Å². The van der Waals surface area contributed by atoms with Crippen LogP contribution in [0.4, 0.5) is 14.9 Å². The summed E-state index contributed by atoms with van der Waals surface area (Å²) in [5.74, 6) is -0.279. The molecule has 2 aromatic rings. The number of amides is 2. The molecule has 0 atom stereocenters. The molecule has 1 saturated heterocycles. The molecule has 0 spiro atoms. The number of rotatable bonds is 1. The van der Waals surface area contributed by atoms with Crippen LogP contribution < -0.4 is 4.90 Å². The summed E-state index contributed by atoms with van der Waals surface area (Å²) in [6.07, 6.45) is 1.70. The van der Waals surface area contributed by atoms with Crippen molar-refractivity contribution in [2.75, 3.05) is 45.2 Å². The van der Waals surface area contributed by atoms with E-state index in [0.29, 0.717) is 18.6 Å². The summed E-state index contributed by atoms with van der Waals surface area (Å²) >= 11 is 0. The van der Waals surface area contributed by atoms with E-state index in [9.17, 15) is 9.18 Å². The van der Waals surface area contributed by atoms with Crippen LogP contribution in [0.25, 0.3) is 10.9 Å². The number of halogens is 1. The summed E-state index contributed by atoms with van der Waals surface area (Å²) < 4.78 is 13.3. The van der Waals surface area contributed by atoms with Gasteiger partial charge in [0.2, 0.25) is 0 Å². The summed E-state index contributed by atoms with van der Waals surface area (Å²) in [4.78, 5) is 21.9. The number of carbonyl (C=O) groups excluding carboxylic acids is 1. The van der Waals surface area contributed by atoms with Crippen LogP contribution in [0, 0.1) is 5.82 Å². The lowest BCUT2D eigenvalue weighted by molar-refractivity contribution is 0.168. The van der Waals surface area contributed by atoms with Gasteiger partial charge in [-0.15, -0.1) is 0 Å². The molecule has 1 aliphatic heterocycles. The van der Waals surface area contributed by atoms with Gasteiger partial charge in [0.1, 0.15) is 5.82 Å². The lowest BCUT2D eigenvalue weighted by Gasteiger charge is -2.37. The Bertz CT molecular complexity index is 696. The number of hydrogen-bond acceptors (Lipinski definition) is 3. The van der Waals surface area contributed by atoms with E-state index < -0.39 is 0 Å². The van der Waals surface area contributed by atoms with Gasteiger partial charge in [0.15, 0.2) is 0 Å². The largest absolute Gasteiger partial charge is 0.367 e. The lowest BCUT2D eigenvalue weighted by Crippen LogP contribution is -2.51. The molecule has 1 aromatic carbocycles. The average molecular weight is 302 g/mol. The first-order valence-corrected chi connectivity index (χ1v) is 7.32. The molecule has 1 aromatic heterocycles. The van der Waals surface area contributed by atoms with Crippen molar-refractivity contribution < 1.29 is 9.18 Å². The van der Waals surface area contributed by atoms with Gasteiger partial charge in [-0.25, -0.2) is 9.18 Å². The zero-order chi connectivity index (χ0) is 15.7. The third-order valence-corrected chi connectivity index (χ3v) is 3.96. The van der Waals surface area contributed by atoms with Gasteiger partial charge in [0.05, 0.1) is 5.52 Å². The Kier molecular flexibility index (Phi) is 3.83. The minimum Gasteiger partial charge on any atom is -0.367 e. The minimum atomic E-state index is -0.279. The molecule has 1 fully saturated rings. The van der Waals surface area contributed by atoms with Gasteiger partial charge in [0, 0.05) is 63.6 Å². The normalized spacial score (nSPS) is 15.2. The zero-order valence-electron chi connectivity index (χ0n) is 12.8. The molecule has 116 valence electrons. The maximum absolute atomic E-state index is 13.3. The molecule has 1 aliphatic rings. The molecule has 2 amide bonds. The quantitative estimate of drug-likeness (QED) is 0.810. The first kappa shape index (κ1) is 14.6. The molecule has 0 radical (unpaired) electrons. The Labute approximate surface area is 128 Å². The highest BCUT2D eigenvalue weighted by molar-refractivity contribution is 5.91. The van der Waals surface area contributed by atoms with Crippen LogP contribution in [0.2, 0.25) is 0 Å². The van der Waals surface area contributed by atoms with Crippen LogP contribution in [-0.2, 0) is 0 Å². The third kappa shape index (κ3) is 2.68. The van der Waals surface area contributed by atoms with Crippen LogP contribution in [0.1, 0.15) is 0 Å². The van der Waals surface area contributed by atoms with Crippen LogP contribution in [0.5, 0.6) is 0 Å². The highest BCUT2D eigenvalue weighted by Gasteiger charge is 2.23. The molecule has 0 aliphatic carbocycles. The Hall–Kier alpha value is -2.37. The monoisotopic (exact) mass is 302 g/mol. The number of fused-ring (bicyclic) bond motifs is 1. The Morgan fingerprint density at radius 2 is 1.91 bits per heavy atom. The van der Waals surface area contributed by atoms with Crippen molar-refractivity contribution in [1.29, 1.82) is 0 Å². The maximum atomic E-state index is 13.3. The van der Waals surface area contributed by atoms with Crippen molar-refractivity contribution in [3.05, 3.63) is 36.3 Å². The smallest absolute Gasteiger partial charge is 0.319 e. The maximum Gasteiger partial charge on any atom is 0.319 e. The molecule has 2 heterocycles. The summed E-state index contributed by atoms with van der Waals surface area (Å²) in [6, 6.07) is 6.67. The molecular weight excluding hydrogens is 283 g/mol. The second-order valence-corrected chi connectivity index (χ2v) is 5.64. The fourth-order valence-electron chi connectivity index (χ4n) is 2.80. The van der Waals surface area contributed by atoms with Crippen molar-refractivity contribution in [3.63, 3.8) is 0 Å². The van der Waals surface area contributed by atoms with E-state index in [2.05, 4.69) is 9.88 Å². The Balaban J connectivity index is 1.81. The first-order valence-electron chi connectivity index (χ1n) is 7.32. The van der Waals surface area contributed by atoms with E-state index in [0.717, 1.165) is 24.2 Å². The average Bonchev–Trinajstić information content (AvgIpc) is 2.53. The fourth-order valence-corrected chi connectivity index (χ4v) is 2.80. The van der Waals surface area contributed by atoms with Gasteiger partial charge in [-0.1, -0.05) is 0 Å². The van der Waals surface area contributed by atoms with Crippen LogP contribution in [-0.4, -0.2) is 61.1 Å². The Morgan fingerprint density at radius 3 is 2.59 bits per heavy atom. The highest BCUT2D eigenvalue weighted by Crippen LogP contribution is 2.26. The summed E-state index contributed by atoms with van der Waals surface area (Å²) in [5, 5.41) is 0.941. The second kappa shape index (κ2) is 5.79. The van der Waals surface area contributed by atoms with Crippen molar-refractivity contribution in [2.45, 2.75) is 0 Å². The van der Waals surface area contributed by atoms with E-state index in [1.807, 2.05) is 11.0 Å². The molecule has 0 bridgehead atoms. The van der Waals surface area contributed by atoms with Crippen LogP contribution >= 0.6 is 0 Å². The minimum absolute atomic E-state index is 0.0429. The molecule has 6 heteroatoms. The van der Waals surface area contributed by atoms with E-state index in [-0.39, 0.29) is 11.8 Å². The number of aromatic nitrogens is 1. The van der Waals surface area contributed by atoms with E-state index in [4.69, 9.17) is 0 Å². The lowest BCUT2D eigenvalue weighted by atomic mass is 10.1. The van der Waals surface area contributed by atoms with E-state index >= 15 is 0 Å². The van der Waals surface area contributed by atoms with Gasteiger partial charge in [-0.05, 0) is 18.2 Å². The summed E-state index contributed by atoms with van der Waals surface area (Å²) in [5.41, 5.74) is 1.70. The third-order valence-electron chi connectivity index (χ3n) is 3.96. The number of anilines is 1. The fraction of sp³-hybridized carbons (Fsp3) is 0.375. The predicted octanol–water partition coefficient (Wildman–Crippen LogP) is 2.18. The van der Waals surface area contributed by atoms with Gasteiger partial charge in [0.25, 0.3) is 0 Å². The van der Waals surface area contributed by atoms with E-state index in [1.165, 1.54) is 12.1 Å². The number of urea groups is 1. The van der Waals surface area contributed by atoms with Gasteiger partial charge < -0.3 is 14.7 Å². The second-order valence-electron chi connectivity index (χ2n) is 5.64. The van der Waals surface area contributed by atoms with Gasteiger partial charge in [-0.2, -0.15) is 0 Å². The number of hydrogen-bond donors (Lipinski definition) is 0. The molecular formula is C16H19FN4O. The van der Waals surface area contributed by atoms with Gasteiger partial charge >= 0.3 is 6.03 Å². The molecule has 5 nitrogen and oxygen atoms in total. The SMILES string of the molecule is CN(C)C(=O)N1CCN(c2ccnc3cc(F)ccc23)CC1.